The number of allylic oxidation sites excluding steroid dienone is 1. The summed E-state index contributed by atoms with van der Waals surface area (Å²) in [5.74, 6) is 2.07. The van der Waals surface area contributed by atoms with Crippen molar-refractivity contribution in [3.63, 3.8) is 0 Å². The topological polar surface area (TPSA) is 59.1 Å². The van der Waals surface area contributed by atoms with Crippen molar-refractivity contribution in [3.8, 4) is 11.5 Å². The smallest absolute Gasteiger partial charge is 0.250 e. The molecule has 1 aromatic carbocycles. The summed E-state index contributed by atoms with van der Waals surface area (Å²) in [6, 6.07) is 5.24. The minimum absolute atomic E-state index is 0.0473. The summed E-state index contributed by atoms with van der Waals surface area (Å²) in [6.45, 7) is 5.71. The summed E-state index contributed by atoms with van der Waals surface area (Å²) in [5.41, 5.74) is 2.22. The third-order valence-corrected chi connectivity index (χ3v) is 7.90. The van der Waals surface area contributed by atoms with Crippen molar-refractivity contribution < 1.29 is 19.1 Å². The Balaban J connectivity index is 1.62. The molecule has 1 atom stereocenters. The van der Waals surface area contributed by atoms with E-state index in [0.29, 0.717) is 30.6 Å². The molecule has 192 valence electrons. The van der Waals surface area contributed by atoms with Gasteiger partial charge in [-0.05, 0) is 87.8 Å². The van der Waals surface area contributed by atoms with Gasteiger partial charge in [0.15, 0.2) is 11.5 Å². The van der Waals surface area contributed by atoms with Crippen LogP contribution in [0.25, 0.3) is 0 Å². The Morgan fingerprint density at radius 3 is 2.54 bits per heavy atom. The maximum atomic E-state index is 14.0. The lowest BCUT2D eigenvalue weighted by molar-refractivity contribution is -0.159. The van der Waals surface area contributed by atoms with Gasteiger partial charge in [-0.3, -0.25) is 9.59 Å². The Bertz CT molecular complexity index is 919. The molecule has 0 radical (unpaired) electrons. The van der Waals surface area contributed by atoms with Crippen LogP contribution in [-0.2, 0) is 9.59 Å². The highest BCUT2D eigenvalue weighted by molar-refractivity contribution is 5.96. The van der Waals surface area contributed by atoms with Gasteiger partial charge >= 0.3 is 0 Å². The van der Waals surface area contributed by atoms with Gasteiger partial charge in [0, 0.05) is 12.6 Å². The van der Waals surface area contributed by atoms with E-state index in [2.05, 4.69) is 19.9 Å². The van der Waals surface area contributed by atoms with E-state index in [9.17, 15) is 9.59 Å². The van der Waals surface area contributed by atoms with Crippen molar-refractivity contribution in [3.05, 3.63) is 35.4 Å². The minimum atomic E-state index is -0.617. The molecule has 0 spiro atoms. The summed E-state index contributed by atoms with van der Waals surface area (Å²) in [7, 11) is 1.62. The number of amides is 2. The Kier molecular flexibility index (Phi) is 8.74. The fourth-order valence-corrected chi connectivity index (χ4v) is 5.77. The molecule has 1 aromatic rings. The van der Waals surface area contributed by atoms with E-state index in [1.54, 1.807) is 7.11 Å². The van der Waals surface area contributed by atoms with E-state index in [0.717, 1.165) is 56.9 Å². The summed E-state index contributed by atoms with van der Waals surface area (Å²) in [5, 5.41) is 0. The molecule has 1 saturated carbocycles. The molecule has 0 aromatic heterocycles. The van der Waals surface area contributed by atoms with E-state index < -0.39 is 6.04 Å². The van der Waals surface area contributed by atoms with Crippen LogP contribution in [0.15, 0.2) is 29.8 Å². The maximum Gasteiger partial charge on any atom is 0.250 e. The fraction of sp³-hybridized carbons (Fsp3) is 0.655. The lowest BCUT2D eigenvalue weighted by Crippen LogP contribution is -2.58. The van der Waals surface area contributed by atoms with Crippen molar-refractivity contribution in [2.24, 2.45) is 5.92 Å². The van der Waals surface area contributed by atoms with Crippen molar-refractivity contribution in [2.75, 3.05) is 26.8 Å². The number of ether oxygens (including phenoxy) is 2. The number of hydrogen-bond acceptors (Lipinski definition) is 4. The van der Waals surface area contributed by atoms with E-state index in [4.69, 9.17) is 9.47 Å². The highest BCUT2D eigenvalue weighted by atomic mass is 16.5. The molecule has 1 heterocycles. The quantitative estimate of drug-likeness (QED) is 0.426. The lowest BCUT2D eigenvalue weighted by Gasteiger charge is -2.45. The molecule has 1 aliphatic heterocycles. The molecule has 0 N–H and O–H groups in total. The van der Waals surface area contributed by atoms with Crippen molar-refractivity contribution in [1.29, 1.82) is 0 Å². The molecule has 35 heavy (non-hydrogen) atoms. The first-order valence-corrected chi connectivity index (χ1v) is 13.6. The highest BCUT2D eigenvalue weighted by Gasteiger charge is 2.43. The van der Waals surface area contributed by atoms with Gasteiger partial charge in [-0.25, -0.2) is 0 Å². The molecule has 6 heteroatoms. The van der Waals surface area contributed by atoms with Crippen LogP contribution in [-0.4, -0.2) is 54.5 Å². The average Bonchev–Trinajstić information content (AvgIpc) is 2.88. The molecular weight excluding hydrogens is 440 g/mol. The zero-order chi connectivity index (χ0) is 24.8. The van der Waals surface area contributed by atoms with Gasteiger partial charge < -0.3 is 19.3 Å². The number of benzene rings is 1. The normalized spacial score (nSPS) is 25.5. The van der Waals surface area contributed by atoms with E-state index in [-0.39, 0.29) is 24.4 Å². The second kappa shape index (κ2) is 12.0. The van der Waals surface area contributed by atoms with Crippen LogP contribution in [0, 0.1) is 5.92 Å². The van der Waals surface area contributed by atoms with Gasteiger partial charge in [-0.2, -0.15) is 0 Å². The summed E-state index contributed by atoms with van der Waals surface area (Å²) in [6.07, 6.45) is 12.9. The molecule has 2 aliphatic carbocycles. The molecule has 2 fully saturated rings. The molecule has 6 nitrogen and oxygen atoms in total. The SMILES string of the molecule is CCCOc1ccc([C@@H]2C(=O)N(C3CCC(C)CC3)CC(=O)N2CCC2=CCCCC2)cc1OC. The van der Waals surface area contributed by atoms with Crippen molar-refractivity contribution in [2.45, 2.75) is 90.1 Å². The third kappa shape index (κ3) is 6.02. The number of piperazine rings is 1. The van der Waals surface area contributed by atoms with Gasteiger partial charge in [-0.1, -0.05) is 31.6 Å². The first kappa shape index (κ1) is 25.6. The summed E-state index contributed by atoms with van der Waals surface area (Å²) < 4.78 is 11.5. The Morgan fingerprint density at radius 1 is 1.06 bits per heavy atom. The zero-order valence-corrected chi connectivity index (χ0v) is 21.8. The predicted octanol–water partition coefficient (Wildman–Crippen LogP) is 5.67. The zero-order valence-electron chi connectivity index (χ0n) is 21.8. The number of rotatable bonds is 9. The van der Waals surface area contributed by atoms with Crippen LogP contribution in [0.3, 0.4) is 0 Å². The molecular formula is C29H42N2O4. The Labute approximate surface area is 210 Å². The standard InChI is InChI=1S/C29H42N2O4/c1-4-18-35-25-15-12-23(19-26(25)34-3)28-29(33)31(24-13-10-21(2)11-14-24)20-27(32)30(28)17-16-22-8-6-5-7-9-22/h8,12,15,19,21,24,28H,4-7,9-11,13-14,16-18,20H2,1-3H3/t21?,24?,28-/m1/s1. The molecule has 0 unspecified atom stereocenters. The monoisotopic (exact) mass is 482 g/mol. The number of nitrogens with zero attached hydrogens (tertiary/aromatic N) is 2. The van der Waals surface area contributed by atoms with Crippen LogP contribution >= 0.6 is 0 Å². The number of hydrogen-bond donors (Lipinski definition) is 0. The predicted molar refractivity (Wildman–Crippen MR) is 138 cm³/mol. The van der Waals surface area contributed by atoms with Crippen LogP contribution in [0.2, 0.25) is 0 Å². The van der Waals surface area contributed by atoms with E-state index >= 15 is 0 Å². The van der Waals surface area contributed by atoms with Gasteiger partial charge in [0.1, 0.15) is 12.6 Å². The first-order chi connectivity index (χ1) is 17.0. The second-order valence-electron chi connectivity index (χ2n) is 10.5. The Morgan fingerprint density at radius 2 is 1.86 bits per heavy atom. The molecule has 4 rings (SSSR count). The average molecular weight is 483 g/mol. The van der Waals surface area contributed by atoms with Crippen molar-refractivity contribution in [1.82, 2.24) is 9.80 Å². The van der Waals surface area contributed by atoms with E-state index in [1.807, 2.05) is 28.0 Å². The number of carbonyl (C=O) groups is 2. The van der Waals surface area contributed by atoms with Crippen LogP contribution in [0.1, 0.15) is 89.7 Å². The maximum absolute atomic E-state index is 14.0. The van der Waals surface area contributed by atoms with E-state index in [1.165, 1.54) is 18.4 Å². The molecule has 1 saturated heterocycles. The van der Waals surface area contributed by atoms with Crippen LogP contribution < -0.4 is 9.47 Å². The largest absolute Gasteiger partial charge is 0.493 e. The Hall–Kier alpha value is -2.50. The van der Waals surface area contributed by atoms with Crippen LogP contribution in [0.5, 0.6) is 11.5 Å². The van der Waals surface area contributed by atoms with Gasteiger partial charge in [0.25, 0.3) is 5.91 Å². The summed E-state index contributed by atoms with van der Waals surface area (Å²) in [4.78, 5) is 31.2. The first-order valence-electron chi connectivity index (χ1n) is 13.6. The van der Waals surface area contributed by atoms with Gasteiger partial charge in [0.05, 0.1) is 13.7 Å². The molecule has 2 amide bonds. The fourth-order valence-electron chi connectivity index (χ4n) is 5.77. The lowest BCUT2D eigenvalue weighted by atomic mass is 9.85. The highest BCUT2D eigenvalue weighted by Crippen LogP contribution is 2.37. The second-order valence-corrected chi connectivity index (χ2v) is 10.5. The van der Waals surface area contributed by atoms with Gasteiger partial charge in [-0.15, -0.1) is 0 Å². The van der Waals surface area contributed by atoms with Crippen molar-refractivity contribution >= 4 is 11.8 Å². The number of methoxy groups -OCH3 is 1. The molecule has 3 aliphatic rings. The van der Waals surface area contributed by atoms with Gasteiger partial charge in [0.2, 0.25) is 5.91 Å². The minimum Gasteiger partial charge on any atom is -0.493 e. The molecule has 0 bridgehead atoms. The third-order valence-electron chi connectivity index (χ3n) is 7.90. The summed E-state index contributed by atoms with van der Waals surface area (Å²) >= 11 is 0. The number of carbonyl (C=O) groups excluding carboxylic acids is 2. The van der Waals surface area contributed by atoms with Crippen LogP contribution in [0.4, 0.5) is 0 Å².